The van der Waals surface area contributed by atoms with Gasteiger partial charge >= 0.3 is 0 Å². The average molecular weight is 205 g/mol. The molecule has 1 aromatic heterocycles. The van der Waals surface area contributed by atoms with Gasteiger partial charge in [-0.05, 0) is 25.2 Å². The minimum atomic E-state index is 0.909. The Morgan fingerprint density at radius 1 is 1.33 bits per heavy atom. The predicted octanol–water partition coefficient (Wildman–Crippen LogP) is 2.49. The van der Waals surface area contributed by atoms with Crippen molar-refractivity contribution >= 4 is 5.82 Å². The van der Waals surface area contributed by atoms with E-state index in [1.165, 1.54) is 25.7 Å². The van der Waals surface area contributed by atoms with E-state index in [2.05, 4.69) is 21.8 Å². The van der Waals surface area contributed by atoms with Crippen molar-refractivity contribution in [3.63, 3.8) is 0 Å². The van der Waals surface area contributed by atoms with Crippen LogP contribution in [-0.2, 0) is 0 Å². The highest BCUT2D eigenvalue weighted by molar-refractivity contribution is 5.34. The number of rotatable bonds is 2. The van der Waals surface area contributed by atoms with Gasteiger partial charge in [-0.15, -0.1) is 0 Å². The lowest BCUT2D eigenvalue weighted by atomic mass is 9.98. The first kappa shape index (κ1) is 10.4. The molecule has 82 valence electrons. The summed E-state index contributed by atoms with van der Waals surface area (Å²) in [5.41, 5.74) is 0. The van der Waals surface area contributed by atoms with Crippen molar-refractivity contribution in [1.29, 1.82) is 0 Å². The molecule has 0 N–H and O–H groups in total. The molecule has 15 heavy (non-hydrogen) atoms. The van der Waals surface area contributed by atoms with Gasteiger partial charge in [0.05, 0.1) is 6.20 Å². The normalized spacial score (nSPS) is 22.5. The van der Waals surface area contributed by atoms with Crippen molar-refractivity contribution in [2.45, 2.75) is 32.6 Å². The van der Waals surface area contributed by atoms with Gasteiger partial charge in [-0.1, -0.05) is 13.3 Å². The summed E-state index contributed by atoms with van der Waals surface area (Å²) in [5, 5.41) is 0. The van der Waals surface area contributed by atoms with E-state index >= 15 is 0 Å². The van der Waals surface area contributed by atoms with Crippen molar-refractivity contribution in [2.75, 3.05) is 18.0 Å². The van der Waals surface area contributed by atoms with Crippen LogP contribution in [0.4, 0.5) is 5.82 Å². The van der Waals surface area contributed by atoms with E-state index in [0.717, 1.165) is 24.8 Å². The van der Waals surface area contributed by atoms with Crippen molar-refractivity contribution in [2.24, 2.45) is 5.92 Å². The van der Waals surface area contributed by atoms with E-state index < -0.39 is 0 Å². The van der Waals surface area contributed by atoms with Crippen molar-refractivity contribution in [3.8, 4) is 0 Å². The highest BCUT2D eigenvalue weighted by atomic mass is 15.2. The minimum absolute atomic E-state index is 0.909. The lowest BCUT2D eigenvalue weighted by molar-refractivity contribution is 0.459. The second-order valence-electron chi connectivity index (χ2n) is 4.26. The van der Waals surface area contributed by atoms with Crippen LogP contribution >= 0.6 is 0 Å². The average Bonchev–Trinajstić information content (AvgIpc) is 2.55. The number of anilines is 1. The molecule has 1 unspecified atom stereocenters. The molecule has 3 heteroatoms. The van der Waals surface area contributed by atoms with E-state index in [0.29, 0.717) is 0 Å². The maximum atomic E-state index is 4.36. The van der Waals surface area contributed by atoms with Crippen LogP contribution in [-0.4, -0.2) is 23.1 Å². The van der Waals surface area contributed by atoms with Gasteiger partial charge in [0.2, 0.25) is 0 Å². The highest BCUT2D eigenvalue weighted by Crippen LogP contribution is 2.22. The fourth-order valence-electron chi connectivity index (χ4n) is 2.26. The summed E-state index contributed by atoms with van der Waals surface area (Å²) >= 11 is 0. The van der Waals surface area contributed by atoms with E-state index in [1.807, 2.05) is 6.20 Å². The molecule has 2 rings (SSSR count). The van der Waals surface area contributed by atoms with E-state index in [4.69, 9.17) is 0 Å². The zero-order chi connectivity index (χ0) is 10.5. The number of nitrogens with zero attached hydrogens (tertiary/aromatic N) is 3. The predicted molar refractivity (Wildman–Crippen MR) is 61.9 cm³/mol. The summed E-state index contributed by atoms with van der Waals surface area (Å²) in [6, 6.07) is 0. The van der Waals surface area contributed by atoms with Crippen LogP contribution in [0, 0.1) is 5.92 Å². The fourth-order valence-corrected chi connectivity index (χ4v) is 2.26. The molecule has 0 radical (unpaired) electrons. The summed E-state index contributed by atoms with van der Waals surface area (Å²) < 4.78 is 0. The van der Waals surface area contributed by atoms with Crippen LogP contribution in [0.15, 0.2) is 18.6 Å². The standard InChI is InChI=1S/C12H19N3/c1-2-11-4-3-8-15(9-5-11)12-10-13-6-7-14-12/h6-7,10-11H,2-5,8-9H2,1H3. The quantitative estimate of drug-likeness (QED) is 0.742. The maximum Gasteiger partial charge on any atom is 0.147 e. The van der Waals surface area contributed by atoms with E-state index in [1.54, 1.807) is 12.4 Å². The Morgan fingerprint density at radius 3 is 3.00 bits per heavy atom. The van der Waals surface area contributed by atoms with Crippen LogP contribution in [0.1, 0.15) is 32.6 Å². The molecule has 2 heterocycles. The molecule has 0 spiro atoms. The van der Waals surface area contributed by atoms with Gasteiger partial charge in [-0.25, -0.2) is 4.98 Å². The largest absolute Gasteiger partial charge is 0.355 e. The molecule has 1 aliphatic heterocycles. The molecule has 0 amide bonds. The molecule has 0 aromatic carbocycles. The number of aromatic nitrogens is 2. The third-order valence-corrected chi connectivity index (χ3v) is 3.30. The smallest absolute Gasteiger partial charge is 0.147 e. The Labute approximate surface area is 91.5 Å². The first-order valence-electron chi connectivity index (χ1n) is 5.91. The third kappa shape index (κ3) is 2.67. The zero-order valence-electron chi connectivity index (χ0n) is 9.39. The minimum Gasteiger partial charge on any atom is -0.355 e. The van der Waals surface area contributed by atoms with Crippen LogP contribution in [0.2, 0.25) is 0 Å². The Balaban J connectivity index is 2.00. The maximum absolute atomic E-state index is 4.36. The van der Waals surface area contributed by atoms with Gasteiger partial charge < -0.3 is 4.90 Å². The molecule has 1 fully saturated rings. The first-order valence-corrected chi connectivity index (χ1v) is 5.91. The monoisotopic (exact) mass is 205 g/mol. The second-order valence-corrected chi connectivity index (χ2v) is 4.26. The van der Waals surface area contributed by atoms with Gasteiger partial charge in [0.25, 0.3) is 0 Å². The summed E-state index contributed by atoms with van der Waals surface area (Å²) in [6.07, 6.45) is 10.6. The summed E-state index contributed by atoms with van der Waals surface area (Å²) in [4.78, 5) is 10.8. The third-order valence-electron chi connectivity index (χ3n) is 3.30. The SMILES string of the molecule is CCC1CCCN(c2cnccn2)CC1. The van der Waals surface area contributed by atoms with Gasteiger partial charge in [0.1, 0.15) is 5.82 Å². The molecule has 1 saturated heterocycles. The van der Waals surface area contributed by atoms with Crippen LogP contribution < -0.4 is 4.90 Å². The second kappa shape index (κ2) is 5.10. The molecule has 1 atom stereocenters. The topological polar surface area (TPSA) is 29.0 Å². The van der Waals surface area contributed by atoms with Crippen molar-refractivity contribution in [1.82, 2.24) is 9.97 Å². The lowest BCUT2D eigenvalue weighted by Gasteiger charge is -2.20. The van der Waals surface area contributed by atoms with Crippen LogP contribution in [0.25, 0.3) is 0 Å². The zero-order valence-corrected chi connectivity index (χ0v) is 9.39. The Morgan fingerprint density at radius 2 is 2.27 bits per heavy atom. The summed E-state index contributed by atoms with van der Waals surface area (Å²) in [5.74, 6) is 1.95. The molecular formula is C12H19N3. The lowest BCUT2D eigenvalue weighted by Crippen LogP contribution is -2.25. The molecule has 0 bridgehead atoms. The molecule has 0 aliphatic carbocycles. The Kier molecular flexibility index (Phi) is 3.54. The first-order chi connectivity index (χ1) is 7.40. The number of hydrogen-bond acceptors (Lipinski definition) is 3. The Bertz CT molecular complexity index is 286. The Hall–Kier alpha value is -1.12. The highest BCUT2D eigenvalue weighted by Gasteiger charge is 2.16. The number of hydrogen-bond donors (Lipinski definition) is 0. The molecule has 1 aliphatic rings. The fraction of sp³-hybridized carbons (Fsp3) is 0.667. The van der Waals surface area contributed by atoms with Crippen LogP contribution in [0.3, 0.4) is 0 Å². The van der Waals surface area contributed by atoms with Crippen molar-refractivity contribution in [3.05, 3.63) is 18.6 Å². The van der Waals surface area contributed by atoms with Gasteiger partial charge in [0.15, 0.2) is 0 Å². The van der Waals surface area contributed by atoms with E-state index in [9.17, 15) is 0 Å². The molecule has 3 nitrogen and oxygen atoms in total. The molecule has 0 saturated carbocycles. The van der Waals surface area contributed by atoms with Gasteiger partial charge in [-0.3, -0.25) is 4.98 Å². The van der Waals surface area contributed by atoms with Gasteiger partial charge in [0, 0.05) is 25.5 Å². The van der Waals surface area contributed by atoms with Crippen LogP contribution in [0.5, 0.6) is 0 Å². The summed E-state index contributed by atoms with van der Waals surface area (Å²) in [7, 11) is 0. The summed E-state index contributed by atoms with van der Waals surface area (Å²) in [6.45, 7) is 4.56. The molecule has 1 aromatic rings. The van der Waals surface area contributed by atoms with E-state index in [-0.39, 0.29) is 0 Å². The molecular weight excluding hydrogens is 186 g/mol. The van der Waals surface area contributed by atoms with Crippen molar-refractivity contribution < 1.29 is 0 Å². The van der Waals surface area contributed by atoms with Gasteiger partial charge in [-0.2, -0.15) is 0 Å².